The standard InChI is InChI=1S/C13H24N4O4/c1-8(13(20-6)21-7)16-17-11(9(2)18-4)14-15-12(17)10(3)19-5/h9-10,13H,1-7H3. The molecule has 8 heteroatoms. The molecule has 0 N–H and O–H groups in total. The monoisotopic (exact) mass is 300 g/mol. The Bertz CT molecular complexity index is 443. The molecule has 21 heavy (non-hydrogen) atoms. The molecule has 0 saturated heterocycles. The van der Waals surface area contributed by atoms with E-state index in [9.17, 15) is 0 Å². The van der Waals surface area contributed by atoms with Crippen LogP contribution >= 0.6 is 0 Å². The first-order valence-corrected chi connectivity index (χ1v) is 6.61. The smallest absolute Gasteiger partial charge is 0.198 e. The second kappa shape index (κ2) is 8.18. The Kier molecular flexibility index (Phi) is 6.90. The molecule has 1 aromatic heterocycles. The van der Waals surface area contributed by atoms with E-state index in [4.69, 9.17) is 18.9 Å². The number of methoxy groups -OCH3 is 4. The van der Waals surface area contributed by atoms with Crippen LogP contribution in [0.1, 0.15) is 44.6 Å². The van der Waals surface area contributed by atoms with Crippen LogP contribution in [0, 0.1) is 0 Å². The lowest BCUT2D eigenvalue weighted by Crippen LogP contribution is -2.24. The Hall–Kier alpha value is -1.35. The van der Waals surface area contributed by atoms with Gasteiger partial charge in [-0.2, -0.15) is 9.78 Å². The average Bonchev–Trinajstić information content (AvgIpc) is 2.90. The Labute approximate surface area is 125 Å². The zero-order chi connectivity index (χ0) is 16.0. The third kappa shape index (κ3) is 4.07. The molecule has 0 bridgehead atoms. The van der Waals surface area contributed by atoms with Crippen molar-refractivity contribution in [1.29, 1.82) is 0 Å². The zero-order valence-electron chi connectivity index (χ0n) is 13.7. The van der Waals surface area contributed by atoms with E-state index in [2.05, 4.69) is 15.3 Å². The molecule has 0 radical (unpaired) electrons. The van der Waals surface area contributed by atoms with Crippen molar-refractivity contribution in [2.75, 3.05) is 28.4 Å². The van der Waals surface area contributed by atoms with Gasteiger partial charge in [0.1, 0.15) is 12.2 Å². The maximum Gasteiger partial charge on any atom is 0.198 e. The minimum Gasteiger partial charge on any atom is -0.374 e. The number of nitrogens with zero attached hydrogens (tertiary/aromatic N) is 4. The second-order valence-electron chi connectivity index (χ2n) is 4.53. The molecule has 0 aromatic carbocycles. The topological polar surface area (TPSA) is 80.0 Å². The van der Waals surface area contributed by atoms with Crippen molar-refractivity contribution >= 4 is 5.71 Å². The highest BCUT2D eigenvalue weighted by molar-refractivity contribution is 5.85. The lowest BCUT2D eigenvalue weighted by atomic mass is 10.3. The molecule has 0 fully saturated rings. The Balaban J connectivity index is 3.29. The fraction of sp³-hybridized carbons (Fsp3) is 0.769. The first-order valence-electron chi connectivity index (χ1n) is 6.61. The third-order valence-corrected chi connectivity index (χ3v) is 3.15. The SMILES string of the molecule is COC(OC)C(C)=Nn1c(C(C)OC)nnc1C(C)OC. The fourth-order valence-corrected chi connectivity index (χ4v) is 1.77. The summed E-state index contributed by atoms with van der Waals surface area (Å²) in [5.74, 6) is 1.17. The number of rotatable bonds is 8. The van der Waals surface area contributed by atoms with Crippen molar-refractivity contribution in [3.8, 4) is 0 Å². The van der Waals surface area contributed by atoms with Crippen LogP contribution in [0.25, 0.3) is 0 Å². The van der Waals surface area contributed by atoms with Crippen LogP contribution in [0.2, 0.25) is 0 Å². The summed E-state index contributed by atoms with van der Waals surface area (Å²) in [4.78, 5) is 0. The lowest BCUT2D eigenvalue weighted by molar-refractivity contribution is -0.0526. The molecule has 2 unspecified atom stereocenters. The summed E-state index contributed by atoms with van der Waals surface area (Å²) in [6.45, 7) is 5.55. The third-order valence-electron chi connectivity index (χ3n) is 3.15. The van der Waals surface area contributed by atoms with E-state index in [1.165, 1.54) is 0 Å². The van der Waals surface area contributed by atoms with E-state index < -0.39 is 6.29 Å². The summed E-state index contributed by atoms with van der Waals surface area (Å²) in [6, 6.07) is 0. The Morgan fingerprint density at radius 1 is 0.905 bits per heavy atom. The van der Waals surface area contributed by atoms with Crippen LogP contribution in [0.5, 0.6) is 0 Å². The summed E-state index contributed by atoms with van der Waals surface area (Å²) < 4.78 is 22.6. The molecular weight excluding hydrogens is 276 g/mol. The van der Waals surface area contributed by atoms with Gasteiger partial charge >= 0.3 is 0 Å². The average molecular weight is 300 g/mol. The maximum absolute atomic E-state index is 5.30. The predicted molar refractivity (Wildman–Crippen MR) is 77.2 cm³/mol. The number of ether oxygens (including phenoxy) is 4. The maximum atomic E-state index is 5.30. The van der Waals surface area contributed by atoms with Gasteiger partial charge < -0.3 is 18.9 Å². The van der Waals surface area contributed by atoms with Crippen molar-refractivity contribution in [1.82, 2.24) is 14.9 Å². The van der Waals surface area contributed by atoms with Crippen LogP contribution < -0.4 is 0 Å². The highest BCUT2D eigenvalue weighted by Gasteiger charge is 2.22. The molecule has 0 aliphatic carbocycles. The van der Waals surface area contributed by atoms with E-state index in [0.29, 0.717) is 17.4 Å². The van der Waals surface area contributed by atoms with Gasteiger partial charge in [-0.15, -0.1) is 10.2 Å². The molecule has 1 heterocycles. The minimum absolute atomic E-state index is 0.254. The van der Waals surface area contributed by atoms with E-state index in [-0.39, 0.29) is 12.2 Å². The fourth-order valence-electron chi connectivity index (χ4n) is 1.77. The molecule has 0 aliphatic heterocycles. The normalized spacial score (nSPS) is 15.5. The summed E-state index contributed by atoms with van der Waals surface area (Å²) >= 11 is 0. The van der Waals surface area contributed by atoms with Gasteiger partial charge in [0.15, 0.2) is 17.9 Å². The molecular formula is C13H24N4O4. The summed E-state index contributed by atoms with van der Waals surface area (Å²) in [5.41, 5.74) is 0.633. The second-order valence-corrected chi connectivity index (χ2v) is 4.53. The summed E-state index contributed by atoms with van der Waals surface area (Å²) in [7, 11) is 6.31. The van der Waals surface area contributed by atoms with E-state index in [0.717, 1.165) is 0 Å². The Morgan fingerprint density at radius 2 is 1.33 bits per heavy atom. The van der Waals surface area contributed by atoms with Crippen LogP contribution in [0.3, 0.4) is 0 Å². The molecule has 0 saturated carbocycles. The molecule has 120 valence electrons. The summed E-state index contributed by atoms with van der Waals surface area (Å²) in [6.07, 6.45) is -1.05. The van der Waals surface area contributed by atoms with Gasteiger partial charge in [-0.3, -0.25) is 0 Å². The highest BCUT2D eigenvalue weighted by Crippen LogP contribution is 2.20. The van der Waals surface area contributed by atoms with E-state index in [1.807, 2.05) is 13.8 Å². The van der Waals surface area contributed by atoms with Crippen LogP contribution in [-0.2, 0) is 18.9 Å². The van der Waals surface area contributed by atoms with Gasteiger partial charge in [-0.05, 0) is 20.8 Å². The first kappa shape index (κ1) is 17.7. The highest BCUT2D eigenvalue weighted by atomic mass is 16.7. The molecule has 0 aliphatic rings. The number of hydrogen-bond acceptors (Lipinski definition) is 7. The molecule has 0 amide bonds. The van der Waals surface area contributed by atoms with Crippen molar-refractivity contribution < 1.29 is 18.9 Å². The molecule has 8 nitrogen and oxygen atoms in total. The Morgan fingerprint density at radius 3 is 1.67 bits per heavy atom. The van der Waals surface area contributed by atoms with E-state index in [1.54, 1.807) is 40.0 Å². The molecule has 0 spiro atoms. The van der Waals surface area contributed by atoms with Gasteiger partial charge in [0, 0.05) is 28.4 Å². The largest absolute Gasteiger partial charge is 0.374 e. The van der Waals surface area contributed by atoms with Gasteiger partial charge in [0.2, 0.25) is 0 Å². The van der Waals surface area contributed by atoms with Gasteiger partial charge in [-0.1, -0.05) is 0 Å². The first-order chi connectivity index (χ1) is 9.99. The molecule has 1 aromatic rings. The molecule has 1 rings (SSSR count). The van der Waals surface area contributed by atoms with Crippen molar-refractivity contribution in [2.45, 2.75) is 39.3 Å². The molecule has 2 atom stereocenters. The predicted octanol–water partition coefficient (Wildman–Crippen LogP) is 1.54. The van der Waals surface area contributed by atoms with Crippen LogP contribution in [0.4, 0.5) is 0 Å². The van der Waals surface area contributed by atoms with Crippen molar-refractivity contribution in [3.63, 3.8) is 0 Å². The minimum atomic E-state index is -0.538. The van der Waals surface area contributed by atoms with Gasteiger partial charge in [-0.25, -0.2) is 0 Å². The van der Waals surface area contributed by atoms with Gasteiger partial charge in [0.25, 0.3) is 0 Å². The summed E-state index contributed by atoms with van der Waals surface area (Å²) in [5, 5.41) is 12.8. The zero-order valence-corrected chi connectivity index (χ0v) is 13.7. The lowest BCUT2D eigenvalue weighted by Gasteiger charge is -2.16. The van der Waals surface area contributed by atoms with Crippen molar-refractivity contribution in [2.24, 2.45) is 5.10 Å². The van der Waals surface area contributed by atoms with E-state index >= 15 is 0 Å². The van der Waals surface area contributed by atoms with Gasteiger partial charge in [0.05, 0.1) is 5.71 Å². The van der Waals surface area contributed by atoms with Crippen LogP contribution in [0.15, 0.2) is 5.10 Å². The van der Waals surface area contributed by atoms with Crippen LogP contribution in [-0.4, -0.2) is 55.3 Å². The number of aromatic nitrogens is 3. The number of hydrogen-bond donors (Lipinski definition) is 0. The van der Waals surface area contributed by atoms with Crippen molar-refractivity contribution in [3.05, 3.63) is 11.6 Å². The quantitative estimate of drug-likeness (QED) is 0.535.